The zero-order valence-corrected chi connectivity index (χ0v) is 11.3. The van der Waals surface area contributed by atoms with Gasteiger partial charge in [-0.1, -0.05) is 12.5 Å². The van der Waals surface area contributed by atoms with Crippen molar-refractivity contribution < 1.29 is 5.11 Å². The summed E-state index contributed by atoms with van der Waals surface area (Å²) < 4.78 is 2.61. The third-order valence-electron chi connectivity index (χ3n) is 3.36. The smallest absolute Gasteiger partial charge is 0.109 e. The molecular formula is C14H16OS2. The van der Waals surface area contributed by atoms with Crippen molar-refractivity contribution in [2.45, 2.75) is 38.2 Å². The van der Waals surface area contributed by atoms with Crippen molar-refractivity contribution in [2.75, 3.05) is 0 Å². The molecule has 0 aromatic carbocycles. The first-order valence-electron chi connectivity index (χ1n) is 6.18. The summed E-state index contributed by atoms with van der Waals surface area (Å²) in [4.78, 5) is 1.11. The lowest BCUT2D eigenvalue weighted by Crippen LogP contribution is -1.98. The first kappa shape index (κ1) is 11.5. The van der Waals surface area contributed by atoms with Crippen LogP contribution in [0.15, 0.2) is 29.2 Å². The standard InChI is InChI=1S/C14H16OS2/c15-14(10-5-3-1-2-4-6-10)13-9-12-11(17-13)7-8-16-12/h5,7-9,14-15H,1-4,6H2. The van der Waals surface area contributed by atoms with Crippen LogP contribution in [0.2, 0.25) is 0 Å². The molecule has 17 heavy (non-hydrogen) atoms. The van der Waals surface area contributed by atoms with E-state index < -0.39 is 0 Å². The van der Waals surface area contributed by atoms with Crippen molar-refractivity contribution in [1.82, 2.24) is 0 Å². The number of hydrogen-bond donors (Lipinski definition) is 1. The molecule has 1 aliphatic carbocycles. The van der Waals surface area contributed by atoms with Crippen LogP contribution in [-0.2, 0) is 0 Å². The lowest BCUT2D eigenvalue weighted by Gasteiger charge is -2.12. The molecule has 0 spiro atoms. The second-order valence-corrected chi connectivity index (χ2v) is 6.64. The molecule has 0 radical (unpaired) electrons. The van der Waals surface area contributed by atoms with E-state index in [2.05, 4.69) is 23.6 Å². The highest BCUT2D eigenvalue weighted by atomic mass is 32.1. The fraction of sp³-hybridized carbons (Fsp3) is 0.429. The van der Waals surface area contributed by atoms with Gasteiger partial charge in [0, 0.05) is 14.3 Å². The second kappa shape index (κ2) is 4.92. The van der Waals surface area contributed by atoms with Gasteiger partial charge in [-0.2, -0.15) is 0 Å². The quantitative estimate of drug-likeness (QED) is 0.766. The predicted octanol–water partition coefficient (Wildman–Crippen LogP) is 4.89. The molecule has 3 heteroatoms. The summed E-state index contributed by atoms with van der Waals surface area (Å²) in [5.41, 5.74) is 1.23. The van der Waals surface area contributed by atoms with Gasteiger partial charge in [0.2, 0.25) is 0 Å². The van der Waals surface area contributed by atoms with Crippen LogP contribution >= 0.6 is 22.7 Å². The molecule has 2 aromatic heterocycles. The van der Waals surface area contributed by atoms with Crippen LogP contribution in [0.4, 0.5) is 0 Å². The zero-order chi connectivity index (χ0) is 11.7. The molecule has 1 atom stereocenters. The van der Waals surface area contributed by atoms with E-state index in [9.17, 15) is 5.11 Å². The van der Waals surface area contributed by atoms with Crippen molar-refractivity contribution in [3.63, 3.8) is 0 Å². The third-order valence-corrected chi connectivity index (χ3v) is 5.50. The normalized spacial score (nSPS) is 19.0. The summed E-state index contributed by atoms with van der Waals surface area (Å²) in [5, 5.41) is 12.5. The highest BCUT2D eigenvalue weighted by molar-refractivity contribution is 7.26. The number of rotatable bonds is 2. The predicted molar refractivity (Wildman–Crippen MR) is 75.8 cm³/mol. The Labute approximate surface area is 109 Å². The fourth-order valence-electron chi connectivity index (χ4n) is 2.39. The van der Waals surface area contributed by atoms with Crippen LogP contribution in [-0.4, -0.2) is 5.11 Å². The van der Waals surface area contributed by atoms with E-state index in [1.54, 1.807) is 22.7 Å². The van der Waals surface area contributed by atoms with E-state index in [1.807, 2.05) is 0 Å². The summed E-state index contributed by atoms with van der Waals surface area (Å²) >= 11 is 3.49. The van der Waals surface area contributed by atoms with Crippen LogP contribution in [0.25, 0.3) is 9.40 Å². The van der Waals surface area contributed by atoms with Gasteiger partial charge in [0.1, 0.15) is 6.10 Å². The molecule has 1 nitrogen and oxygen atoms in total. The van der Waals surface area contributed by atoms with Crippen LogP contribution in [0, 0.1) is 0 Å². The van der Waals surface area contributed by atoms with Crippen LogP contribution < -0.4 is 0 Å². The number of aliphatic hydroxyl groups is 1. The molecule has 1 unspecified atom stereocenters. The largest absolute Gasteiger partial charge is 0.383 e. The van der Waals surface area contributed by atoms with Crippen molar-refractivity contribution in [1.29, 1.82) is 0 Å². The molecule has 0 aliphatic heterocycles. The van der Waals surface area contributed by atoms with Gasteiger partial charge in [-0.05, 0) is 48.8 Å². The molecule has 0 bridgehead atoms. The summed E-state index contributed by atoms with van der Waals surface area (Å²) in [7, 11) is 0. The minimum absolute atomic E-state index is 0.363. The van der Waals surface area contributed by atoms with Gasteiger partial charge in [-0.3, -0.25) is 0 Å². The highest BCUT2D eigenvalue weighted by Gasteiger charge is 2.17. The van der Waals surface area contributed by atoms with Crippen LogP contribution in [0.3, 0.4) is 0 Å². The van der Waals surface area contributed by atoms with Gasteiger partial charge in [-0.25, -0.2) is 0 Å². The van der Waals surface area contributed by atoms with Crippen molar-refractivity contribution in [3.05, 3.63) is 34.0 Å². The monoisotopic (exact) mass is 264 g/mol. The van der Waals surface area contributed by atoms with Gasteiger partial charge in [-0.15, -0.1) is 22.7 Å². The lowest BCUT2D eigenvalue weighted by molar-refractivity contribution is 0.214. The number of hydrogen-bond acceptors (Lipinski definition) is 3. The van der Waals surface area contributed by atoms with E-state index >= 15 is 0 Å². The maximum atomic E-state index is 10.4. The maximum absolute atomic E-state index is 10.4. The molecule has 0 fully saturated rings. The van der Waals surface area contributed by atoms with E-state index in [4.69, 9.17) is 0 Å². The van der Waals surface area contributed by atoms with Crippen molar-refractivity contribution >= 4 is 32.1 Å². The lowest BCUT2D eigenvalue weighted by atomic mass is 10.0. The Kier molecular flexibility index (Phi) is 3.32. The minimum Gasteiger partial charge on any atom is -0.383 e. The number of thiophene rings is 2. The minimum atomic E-state index is -0.363. The van der Waals surface area contributed by atoms with Crippen molar-refractivity contribution in [2.24, 2.45) is 0 Å². The topological polar surface area (TPSA) is 20.2 Å². The van der Waals surface area contributed by atoms with Crippen molar-refractivity contribution in [3.8, 4) is 0 Å². The molecule has 2 aromatic rings. The number of allylic oxidation sites excluding steroid dienone is 1. The average molecular weight is 264 g/mol. The van der Waals surface area contributed by atoms with Gasteiger partial charge >= 0.3 is 0 Å². The molecular weight excluding hydrogens is 248 g/mol. The van der Waals surface area contributed by atoms with Crippen LogP contribution in [0.5, 0.6) is 0 Å². The fourth-order valence-corrected chi connectivity index (χ4v) is 4.54. The average Bonchev–Trinajstić information content (AvgIpc) is 2.80. The van der Waals surface area contributed by atoms with Gasteiger partial charge in [0.25, 0.3) is 0 Å². The molecule has 2 heterocycles. The molecule has 1 aliphatic rings. The molecule has 1 N–H and O–H groups in total. The Hall–Kier alpha value is -0.640. The zero-order valence-electron chi connectivity index (χ0n) is 9.69. The van der Waals surface area contributed by atoms with Gasteiger partial charge in [0.05, 0.1) is 0 Å². The van der Waals surface area contributed by atoms with E-state index in [0.29, 0.717) is 0 Å². The van der Waals surface area contributed by atoms with Gasteiger partial charge < -0.3 is 5.11 Å². The summed E-state index contributed by atoms with van der Waals surface area (Å²) in [6.45, 7) is 0. The Morgan fingerprint density at radius 2 is 2.12 bits per heavy atom. The summed E-state index contributed by atoms with van der Waals surface area (Å²) in [6, 6.07) is 4.30. The Morgan fingerprint density at radius 1 is 1.18 bits per heavy atom. The molecule has 3 rings (SSSR count). The first-order valence-corrected chi connectivity index (χ1v) is 7.88. The molecule has 0 saturated heterocycles. The first-order chi connectivity index (χ1) is 8.34. The molecule has 0 amide bonds. The molecule has 90 valence electrons. The maximum Gasteiger partial charge on any atom is 0.109 e. The summed E-state index contributed by atoms with van der Waals surface area (Å²) in [5.74, 6) is 0. The number of aliphatic hydroxyl groups excluding tert-OH is 1. The molecule has 0 saturated carbocycles. The SMILES string of the molecule is OC(C1=CCCCCC1)c1cc2sccc2s1. The van der Waals surface area contributed by atoms with Crippen LogP contribution in [0.1, 0.15) is 43.1 Å². The third kappa shape index (κ3) is 2.32. The van der Waals surface area contributed by atoms with E-state index in [-0.39, 0.29) is 6.10 Å². The highest BCUT2D eigenvalue weighted by Crippen LogP contribution is 2.37. The second-order valence-electron chi connectivity index (χ2n) is 4.58. The Morgan fingerprint density at radius 3 is 3.00 bits per heavy atom. The Balaban J connectivity index is 1.87. The van der Waals surface area contributed by atoms with Gasteiger partial charge in [0.15, 0.2) is 0 Å². The number of fused-ring (bicyclic) bond motifs is 1. The van der Waals surface area contributed by atoms with E-state index in [0.717, 1.165) is 17.7 Å². The summed E-state index contributed by atoms with van der Waals surface area (Å²) in [6.07, 6.45) is 7.88. The van der Waals surface area contributed by atoms with E-state index in [1.165, 1.54) is 34.2 Å². The Bertz CT molecular complexity index is 507.